The van der Waals surface area contributed by atoms with E-state index in [1.807, 2.05) is 0 Å². The SMILES string of the molecule is CCN(CC(N)=O)C(=O)c1ccccc1N. The van der Waals surface area contributed by atoms with Crippen LogP contribution in [0.2, 0.25) is 0 Å². The highest BCUT2D eigenvalue weighted by Gasteiger charge is 2.17. The molecule has 0 spiro atoms. The molecule has 0 bridgehead atoms. The molecule has 0 atom stereocenters. The zero-order valence-corrected chi connectivity index (χ0v) is 9.14. The van der Waals surface area contributed by atoms with E-state index in [9.17, 15) is 9.59 Å². The van der Waals surface area contributed by atoms with E-state index in [2.05, 4.69) is 0 Å². The van der Waals surface area contributed by atoms with Crippen molar-refractivity contribution < 1.29 is 9.59 Å². The predicted octanol–water partition coefficient (Wildman–Crippen LogP) is 0.216. The first-order valence-corrected chi connectivity index (χ1v) is 4.98. The van der Waals surface area contributed by atoms with Gasteiger partial charge in [0.05, 0.1) is 12.1 Å². The van der Waals surface area contributed by atoms with Gasteiger partial charge >= 0.3 is 0 Å². The monoisotopic (exact) mass is 221 g/mol. The highest BCUT2D eigenvalue weighted by atomic mass is 16.2. The Bertz CT molecular complexity index is 404. The van der Waals surface area contributed by atoms with E-state index in [-0.39, 0.29) is 12.5 Å². The molecule has 5 heteroatoms. The Morgan fingerprint density at radius 1 is 1.31 bits per heavy atom. The zero-order valence-electron chi connectivity index (χ0n) is 9.14. The second-order valence-electron chi connectivity index (χ2n) is 3.37. The fourth-order valence-electron chi connectivity index (χ4n) is 1.38. The minimum atomic E-state index is -0.537. The van der Waals surface area contributed by atoms with E-state index in [0.717, 1.165) is 0 Å². The average molecular weight is 221 g/mol. The van der Waals surface area contributed by atoms with E-state index in [0.29, 0.717) is 17.8 Å². The lowest BCUT2D eigenvalue weighted by Gasteiger charge is -2.19. The third kappa shape index (κ3) is 2.73. The Kier molecular flexibility index (Phi) is 3.88. The number of amides is 2. The van der Waals surface area contributed by atoms with Crippen LogP contribution in [0.15, 0.2) is 24.3 Å². The van der Waals surface area contributed by atoms with Crippen molar-refractivity contribution in [2.45, 2.75) is 6.92 Å². The first-order valence-electron chi connectivity index (χ1n) is 4.98. The molecule has 0 aliphatic heterocycles. The molecular formula is C11H15N3O2. The van der Waals surface area contributed by atoms with Crippen molar-refractivity contribution >= 4 is 17.5 Å². The molecule has 5 nitrogen and oxygen atoms in total. The van der Waals surface area contributed by atoms with Gasteiger partial charge in [0.25, 0.3) is 5.91 Å². The Morgan fingerprint density at radius 3 is 2.44 bits per heavy atom. The number of para-hydroxylation sites is 1. The number of carbonyl (C=O) groups excluding carboxylic acids is 2. The summed E-state index contributed by atoms with van der Waals surface area (Å²) in [6, 6.07) is 6.74. The Morgan fingerprint density at radius 2 is 1.94 bits per heavy atom. The molecule has 16 heavy (non-hydrogen) atoms. The van der Waals surface area contributed by atoms with Crippen molar-refractivity contribution in [2.24, 2.45) is 5.73 Å². The van der Waals surface area contributed by atoms with Gasteiger partial charge < -0.3 is 16.4 Å². The van der Waals surface area contributed by atoms with Crippen LogP contribution in [0.3, 0.4) is 0 Å². The summed E-state index contributed by atoms with van der Waals surface area (Å²) >= 11 is 0. The molecule has 0 aliphatic carbocycles. The van der Waals surface area contributed by atoms with E-state index >= 15 is 0 Å². The van der Waals surface area contributed by atoms with Crippen LogP contribution in [0.4, 0.5) is 5.69 Å². The number of nitrogens with two attached hydrogens (primary N) is 2. The Balaban J connectivity index is 2.91. The van der Waals surface area contributed by atoms with Gasteiger partial charge in [-0.15, -0.1) is 0 Å². The van der Waals surface area contributed by atoms with Crippen LogP contribution in [0.1, 0.15) is 17.3 Å². The third-order valence-electron chi connectivity index (χ3n) is 2.21. The highest BCUT2D eigenvalue weighted by molar-refractivity contribution is 6.00. The molecule has 0 fully saturated rings. The molecule has 0 saturated carbocycles. The summed E-state index contributed by atoms with van der Waals surface area (Å²) < 4.78 is 0. The maximum Gasteiger partial charge on any atom is 0.256 e. The van der Waals surface area contributed by atoms with Crippen LogP contribution in [-0.2, 0) is 4.79 Å². The summed E-state index contributed by atoms with van der Waals surface area (Å²) in [6.45, 7) is 2.10. The zero-order chi connectivity index (χ0) is 12.1. The maximum atomic E-state index is 12.0. The molecule has 2 amide bonds. The van der Waals surface area contributed by atoms with Gasteiger partial charge in [0.1, 0.15) is 0 Å². The summed E-state index contributed by atoms with van der Waals surface area (Å²) in [7, 11) is 0. The van der Waals surface area contributed by atoms with Crippen molar-refractivity contribution in [1.29, 1.82) is 0 Å². The molecule has 0 unspecified atom stereocenters. The molecule has 4 N–H and O–H groups in total. The lowest BCUT2D eigenvalue weighted by Crippen LogP contribution is -2.38. The number of nitrogens with zero attached hydrogens (tertiary/aromatic N) is 1. The molecule has 1 aromatic carbocycles. The lowest BCUT2D eigenvalue weighted by atomic mass is 10.1. The number of likely N-dealkylation sites (N-methyl/N-ethyl adjacent to an activating group) is 1. The van der Waals surface area contributed by atoms with Crippen LogP contribution in [-0.4, -0.2) is 29.8 Å². The summed E-state index contributed by atoms with van der Waals surface area (Å²) in [4.78, 5) is 24.1. The van der Waals surface area contributed by atoms with Gasteiger partial charge in [-0.2, -0.15) is 0 Å². The summed E-state index contributed by atoms with van der Waals surface area (Å²) in [5.41, 5.74) is 11.5. The fraction of sp³-hybridized carbons (Fsp3) is 0.273. The number of carbonyl (C=O) groups is 2. The topological polar surface area (TPSA) is 89.4 Å². The molecular weight excluding hydrogens is 206 g/mol. The first kappa shape index (κ1) is 12.0. The average Bonchev–Trinajstić information content (AvgIpc) is 2.25. The van der Waals surface area contributed by atoms with Crippen molar-refractivity contribution in [2.75, 3.05) is 18.8 Å². The van der Waals surface area contributed by atoms with E-state index in [1.54, 1.807) is 31.2 Å². The second-order valence-corrected chi connectivity index (χ2v) is 3.37. The molecule has 1 rings (SSSR count). The van der Waals surface area contributed by atoms with Crippen LogP contribution in [0.5, 0.6) is 0 Å². The molecule has 86 valence electrons. The normalized spacial score (nSPS) is 9.81. The van der Waals surface area contributed by atoms with Crippen molar-refractivity contribution in [3.8, 4) is 0 Å². The second kappa shape index (κ2) is 5.16. The number of hydrogen-bond acceptors (Lipinski definition) is 3. The van der Waals surface area contributed by atoms with Crippen LogP contribution in [0.25, 0.3) is 0 Å². The number of primary amides is 1. The molecule has 0 aliphatic rings. The molecule has 1 aromatic rings. The van der Waals surface area contributed by atoms with Gasteiger partial charge in [0.15, 0.2) is 0 Å². The molecule has 0 saturated heterocycles. The Labute approximate surface area is 94.0 Å². The fourth-order valence-corrected chi connectivity index (χ4v) is 1.38. The smallest absolute Gasteiger partial charge is 0.256 e. The summed E-state index contributed by atoms with van der Waals surface area (Å²) in [6.07, 6.45) is 0. The number of rotatable bonds is 4. The van der Waals surface area contributed by atoms with Gasteiger partial charge in [-0.25, -0.2) is 0 Å². The van der Waals surface area contributed by atoms with Crippen LogP contribution >= 0.6 is 0 Å². The summed E-state index contributed by atoms with van der Waals surface area (Å²) in [5.74, 6) is -0.816. The Hall–Kier alpha value is -2.04. The van der Waals surface area contributed by atoms with Crippen molar-refractivity contribution in [3.05, 3.63) is 29.8 Å². The van der Waals surface area contributed by atoms with Gasteiger partial charge in [-0.1, -0.05) is 12.1 Å². The van der Waals surface area contributed by atoms with Gasteiger partial charge in [-0.3, -0.25) is 9.59 Å². The third-order valence-corrected chi connectivity index (χ3v) is 2.21. The molecule has 0 radical (unpaired) electrons. The lowest BCUT2D eigenvalue weighted by molar-refractivity contribution is -0.118. The number of nitrogen functional groups attached to an aromatic ring is 1. The number of anilines is 1. The highest BCUT2D eigenvalue weighted by Crippen LogP contribution is 2.13. The predicted molar refractivity (Wildman–Crippen MR) is 61.6 cm³/mol. The molecule has 0 aromatic heterocycles. The minimum absolute atomic E-state index is 0.0936. The van der Waals surface area contributed by atoms with Crippen LogP contribution < -0.4 is 11.5 Å². The maximum absolute atomic E-state index is 12.0. The first-order chi connectivity index (χ1) is 7.56. The van der Waals surface area contributed by atoms with E-state index < -0.39 is 5.91 Å². The quantitative estimate of drug-likeness (QED) is 0.712. The minimum Gasteiger partial charge on any atom is -0.398 e. The van der Waals surface area contributed by atoms with E-state index in [1.165, 1.54) is 4.90 Å². The van der Waals surface area contributed by atoms with Gasteiger partial charge in [-0.05, 0) is 19.1 Å². The number of hydrogen-bond donors (Lipinski definition) is 2. The van der Waals surface area contributed by atoms with Crippen molar-refractivity contribution in [1.82, 2.24) is 4.90 Å². The van der Waals surface area contributed by atoms with Gasteiger partial charge in [0.2, 0.25) is 5.91 Å². The van der Waals surface area contributed by atoms with Crippen molar-refractivity contribution in [3.63, 3.8) is 0 Å². The van der Waals surface area contributed by atoms with Crippen LogP contribution in [0, 0.1) is 0 Å². The van der Waals surface area contributed by atoms with Gasteiger partial charge in [0, 0.05) is 12.2 Å². The number of benzene rings is 1. The van der Waals surface area contributed by atoms with E-state index in [4.69, 9.17) is 11.5 Å². The molecule has 0 heterocycles. The summed E-state index contributed by atoms with van der Waals surface area (Å²) in [5, 5.41) is 0. The standard InChI is InChI=1S/C11H15N3O2/c1-2-14(7-10(13)15)11(16)8-5-3-4-6-9(8)12/h3-6H,2,7,12H2,1H3,(H2,13,15). The largest absolute Gasteiger partial charge is 0.398 e.